The predicted octanol–water partition coefficient (Wildman–Crippen LogP) is 3.68. The Kier molecular flexibility index (Phi) is 5.91. The number of hydrogen-bond acceptors (Lipinski definition) is 5. The van der Waals surface area contributed by atoms with E-state index in [2.05, 4.69) is 11.4 Å². The van der Waals surface area contributed by atoms with Gasteiger partial charge in [-0.2, -0.15) is 9.57 Å². The van der Waals surface area contributed by atoms with Crippen LogP contribution in [-0.2, 0) is 27.7 Å². The number of aryl methyl sites for hydroxylation is 1. The van der Waals surface area contributed by atoms with Gasteiger partial charge in [0.05, 0.1) is 16.4 Å². The van der Waals surface area contributed by atoms with Crippen molar-refractivity contribution in [2.24, 2.45) is 5.92 Å². The fourth-order valence-electron chi connectivity index (χ4n) is 4.12. The third-order valence-corrected chi connectivity index (χ3v) is 8.81. The number of amides is 1. The molecule has 0 bridgehead atoms. The molecule has 1 aromatic carbocycles. The van der Waals surface area contributed by atoms with Gasteiger partial charge in [0.15, 0.2) is 0 Å². The Morgan fingerprint density at radius 3 is 2.67 bits per heavy atom. The van der Waals surface area contributed by atoms with Crippen molar-refractivity contribution >= 4 is 32.3 Å². The highest BCUT2D eigenvalue weighted by Crippen LogP contribution is 2.38. The minimum absolute atomic E-state index is 0.0163. The van der Waals surface area contributed by atoms with Gasteiger partial charge in [0, 0.05) is 18.0 Å². The van der Waals surface area contributed by atoms with Gasteiger partial charge >= 0.3 is 0 Å². The smallest absolute Gasteiger partial charge is 0.243 e. The fourth-order valence-corrected chi connectivity index (χ4v) is 6.88. The molecular formula is C21H22FN3O3S2. The van der Waals surface area contributed by atoms with E-state index in [0.29, 0.717) is 30.0 Å². The van der Waals surface area contributed by atoms with Gasteiger partial charge in [-0.15, -0.1) is 11.3 Å². The van der Waals surface area contributed by atoms with Crippen LogP contribution in [-0.4, -0.2) is 31.7 Å². The first-order valence-corrected chi connectivity index (χ1v) is 12.3. The first kappa shape index (κ1) is 21.0. The molecule has 0 saturated carbocycles. The van der Waals surface area contributed by atoms with Gasteiger partial charge in [-0.3, -0.25) is 4.79 Å². The minimum Gasteiger partial charge on any atom is -0.316 e. The summed E-state index contributed by atoms with van der Waals surface area (Å²) in [5.41, 5.74) is 1.60. The monoisotopic (exact) mass is 447 g/mol. The Morgan fingerprint density at radius 2 is 1.93 bits per heavy atom. The second-order valence-electron chi connectivity index (χ2n) is 7.67. The zero-order valence-corrected chi connectivity index (χ0v) is 18.0. The van der Waals surface area contributed by atoms with Crippen molar-refractivity contribution < 1.29 is 17.6 Å². The first-order valence-electron chi connectivity index (χ1n) is 10.0. The first-order chi connectivity index (χ1) is 14.4. The molecule has 2 aliphatic rings. The lowest BCUT2D eigenvalue weighted by Crippen LogP contribution is -2.43. The van der Waals surface area contributed by atoms with Crippen LogP contribution in [0.3, 0.4) is 0 Å². The molecule has 2 aromatic rings. The molecule has 1 unspecified atom stereocenters. The van der Waals surface area contributed by atoms with Crippen molar-refractivity contribution in [3.63, 3.8) is 0 Å². The third-order valence-electron chi connectivity index (χ3n) is 5.73. The van der Waals surface area contributed by atoms with Crippen LogP contribution in [0.15, 0.2) is 29.2 Å². The molecule has 158 valence electrons. The molecule has 1 atom stereocenters. The van der Waals surface area contributed by atoms with E-state index in [1.807, 2.05) is 0 Å². The number of nitrogens with zero attached hydrogens (tertiary/aromatic N) is 2. The van der Waals surface area contributed by atoms with Crippen LogP contribution in [0.25, 0.3) is 0 Å². The van der Waals surface area contributed by atoms with Gasteiger partial charge in [0.1, 0.15) is 16.9 Å². The molecule has 1 saturated heterocycles. The molecule has 1 fully saturated rings. The Morgan fingerprint density at radius 1 is 1.20 bits per heavy atom. The van der Waals surface area contributed by atoms with E-state index in [-0.39, 0.29) is 17.3 Å². The molecule has 1 aromatic heterocycles. The molecule has 0 radical (unpaired) electrons. The van der Waals surface area contributed by atoms with Crippen LogP contribution in [0.1, 0.15) is 41.7 Å². The lowest BCUT2D eigenvalue weighted by atomic mass is 9.96. The van der Waals surface area contributed by atoms with Crippen LogP contribution in [0.4, 0.5) is 9.39 Å². The van der Waals surface area contributed by atoms with Gasteiger partial charge in [0.2, 0.25) is 15.9 Å². The van der Waals surface area contributed by atoms with Crippen LogP contribution in [0.2, 0.25) is 0 Å². The highest BCUT2D eigenvalue weighted by Gasteiger charge is 2.34. The summed E-state index contributed by atoms with van der Waals surface area (Å²) in [4.78, 5) is 14.1. The summed E-state index contributed by atoms with van der Waals surface area (Å²) in [6, 6.07) is 6.94. The number of anilines is 1. The van der Waals surface area contributed by atoms with Crippen LogP contribution in [0.5, 0.6) is 0 Å². The predicted molar refractivity (Wildman–Crippen MR) is 112 cm³/mol. The maximum atomic E-state index is 13.2. The maximum absolute atomic E-state index is 13.2. The van der Waals surface area contributed by atoms with Crippen molar-refractivity contribution in [2.45, 2.75) is 43.4 Å². The Hall–Kier alpha value is -2.28. The molecule has 1 aliphatic heterocycles. The standard InChI is InChI=1S/C21H22FN3O3S2/c22-15-7-9-16(10-8-15)30(27,28)25-11-3-4-14(13-25)20(26)24-21-18(12-23)17-5-1-2-6-19(17)29-21/h7-10,14H,1-6,11,13H2,(H,24,26). The number of benzene rings is 1. The molecule has 2 heterocycles. The fraction of sp³-hybridized carbons (Fsp3) is 0.429. The highest BCUT2D eigenvalue weighted by atomic mass is 32.2. The minimum atomic E-state index is -3.80. The van der Waals surface area contributed by atoms with Crippen LogP contribution < -0.4 is 5.32 Å². The molecule has 1 amide bonds. The number of thiophene rings is 1. The van der Waals surface area contributed by atoms with Gasteiger partial charge in [-0.1, -0.05) is 0 Å². The largest absolute Gasteiger partial charge is 0.316 e. The second kappa shape index (κ2) is 8.46. The number of nitriles is 1. The lowest BCUT2D eigenvalue weighted by Gasteiger charge is -2.31. The van der Waals surface area contributed by atoms with Crippen molar-refractivity contribution in [1.29, 1.82) is 5.26 Å². The van der Waals surface area contributed by atoms with E-state index in [1.54, 1.807) is 0 Å². The number of piperidine rings is 1. The lowest BCUT2D eigenvalue weighted by molar-refractivity contribution is -0.120. The Balaban J connectivity index is 1.50. The average Bonchev–Trinajstić information content (AvgIpc) is 3.11. The summed E-state index contributed by atoms with van der Waals surface area (Å²) in [6.45, 7) is 0.388. The van der Waals surface area contributed by atoms with E-state index < -0.39 is 21.8 Å². The van der Waals surface area contributed by atoms with E-state index >= 15 is 0 Å². The Labute approximate surface area is 179 Å². The summed E-state index contributed by atoms with van der Waals surface area (Å²) in [7, 11) is -3.80. The number of sulfonamides is 1. The average molecular weight is 448 g/mol. The summed E-state index contributed by atoms with van der Waals surface area (Å²) in [5.74, 6) is -1.26. The normalized spacial score (nSPS) is 19.7. The van der Waals surface area contributed by atoms with Crippen molar-refractivity contribution in [2.75, 3.05) is 18.4 Å². The van der Waals surface area contributed by atoms with Gasteiger partial charge in [0.25, 0.3) is 0 Å². The maximum Gasteiger partial charge on any atom is 0.243 e. The Bertz CT molecular complexity index is 1100. The zero-order valence-electron chi connectivity index (χ0n) is 16.4. The second-order valence-corrected chi connectivity index (χ2v) is 10.7. The van der Waals surface area contributed by atoms with Crippen molar-refractivity contribution in [1.82, 2.24) is 4.31 Å². The van der Waals surface area contributed by atoms with Gasteiger partial charge in [-0.25, -0.2) is 12.8 Å². The quantitative estimate of drug-likeness (QED) is 0.774. The molecule has 1 aliphatic carbocycles. The van der Waals surface area contributed by atoms with E-state index in [0.717, 1.165) is 48.3 Å². The van der Waals surface area contributed by atoms with E-state index in [9.17, 15) is 22.9 Å². The van der Waals surface area contributed by atoms with E-state index in [1.165, 1.54) is 27.8 Å². The summed E-state index contributed by atoms with van der Waals surface area (Å²) < 4.78 is 40.2. The topological polar surface area (TPSA) is 90.3 Å². The number of carbonyl (C=O) groups is 1. The number of hydrogen-bond donors (Lipinski definition) is 1. The summed E-state index contributed by atoms with van der Waals surface area (Å²) in [5, 5.41) is 13.0. The zero-order chi connectivity index (χ0) is 21.3. The van der Waals surface area contributed by atoms with Crippen molar-refractivity contribution in [3.8, 4) is 6.07 Å². The molecular weight excluding hydrogens is 425 g/mol. The van der Waals surface area contributed by atoms with Crippen LogP contribution in [0, 0.1) is 23.1 Å². The number of nitrogens with one attached hydrogen (secondary N) is 1. The summed E-state index contributed by atoms with van der Waals surface area (Å²) >= 11 is 1.46. The summed E-state index contributed by atoms with van der Waals surface area (Å²) in [6.07, 6.45) is 5.06. The van der Waals surface area contributed by atoms with Crippen LogP contribution >= 0.6 is 11.3 Å². The molecule has 1 N–H and O–H groups in total. The number of halogens is 1. The molecule has 9 heteroatoms. The molecule has 6 nitrogen and oxygen atoms in total. The molecule has 30 heavy (non-hydrogen) atoms. The number of fused-ring (bicyclic) bond motifs is 1. The van der Waals surface area contributed by atoms with Gasteiger partial charge < -0.3 is 5.32 Å². The van der Waals surface area contributed by atoms with Crippen molar-refractivity contribution in [3.05, 3.63) is 46.1 Å². The molecule has 4 rings (SSSR count). The number of rotatable bonds is 4. The van der Waals surface area contributed by atoms with E-state index in [4.69, 9.17) is 0 Å². The number of carbonyl (C=O) groups excluding carboxylic acids is 1. The third kappa shape index (κ3) is 4.00. The SMILES string of the molecule is N#Cc1c(NC(=O)C2CCCN(S(=O)(=O)c3ccc(F)cc3)C2)sc2c1CCCC2. The highest BCUT2D eigenvalue weighted by molar-refractivity contribution is 7.89. The van der Waals surface area contributed by atoms with Gasteiger partial charge in [-0.05, 0) is 68.4 Å². The molecule has 0 spiro atoms.